The minimum atomic E-state index is -0.997. The average molecular weight is 309 g/mol. The Bertz CT molecular complexity index is 578. The van der Waals surface area contributed by atoms with Crippen LogP contribution in [0.1, 0.15) is 18.4 Å². The molecule has 0 unspecified atom stereocenters. The van der Waals surface area contributed by atoms with Crippen LogP contribution in [-0.2, 0) is 9.59 Å². The van der Waals surface area contributed by atoms with E-state index in [1.54, 1.807) is 18.2 Å². The Labute approximate surface area is 128 Å². The fourth-order valence-electron chi connectivity index (χ4n) is 2.50. The van der Waals surface area contributed by atoms with Gasteiger partial charge in [0.25, 0.3) is 0 Å². The molecule has 1 amide bonds. The van der Waals surface area contributed by atoms with Gasteiger partial charge in [-0.15, -0.1) is 0 Å². The maximum Gasteiger partial charge on any atom is 0.328 e. The van der Waals surface area contributed by atoms with E-state index in [1.807, 2.05) is 6.07 Å². The third kappa shape index (κ3) is 3.98. The van der Waals surface area contributed by atoms with Gasteiger partial charge in [-0.05, 0) is 36.6 Å². The van der Waals surface area contributed by atoms with Gasteiger partial charge in [0.05, 0.1) is 0 Å². The second-order valence-corrected chi connectivity index (χ2v) is 5.47. The van der Waals surface area contributed by atoms with Crippen molar-refractivity contribution in [3.05, 3.63) is 34.9 Å². The van der Waals surface area contributed by atoms with Crippen molar-refractivity contribution in [3.63, 3.8) is 0 Å². The van der Waals surface area contributed by atoms with Crippen molar-refractivity contribution in [2.24, 2.45) is 11.7 Å². The maximum atomic E-state index is 11.2. The molecule has 1 aliphatic rings. The molecule has 1 aliphatic heterocycles. The van der Waals surface area contributed by atoms with Crippen molar-refractivity contribution in [1.82, 2.24) is 0 Å². The summed E-state index contributed by atoms with van der Waals surface area (Å²) < 4.78 is 0. The highest BCUT2D eigenvalue weighted by atomic mass is 35.5. The molecule has 0 aromatic heterocycles. The number of nitrogens with two attached hydrogens (primary N) is 1. The molecule has 1 fully saturated rings. The number of carbonyl (C=O) groups excluding carboxylic acids is 1. The van der Waals surface area contributed by atoms with Gasteiger partial charge in [-0.3, -0.25) is 4.79 Å². The van der Waals surface area contributed by atoms with Gasteiger partial charge in [0.15, 0.2) is 0 Å². The predicted molar refractivity (Wildman–Crippen MR) is 82.3 cm³/mol. The van der Waals surface area contributed by atoms with Gasteiger partial charge in [-0.2, -0.15) is 0 Å². The number of rotatable bonds is 4. The maximum absolute atomic E-state index is 11.2. The standard InChI is InChI=1S/C15H17ClN2O3/c16-12-3-1-10(2-4-14(19)20)13(9-12)18-7-5-11(6-8-18)15(17)21/h1-4,9,11H,5-8H2,(H2,17,21)(H,19,20)/b4-2+. The summed E-state index contributed by atoms with van der Waals surface area (Å²) >= 11 is 6.04. The van der Waals surface area contributed by atoms with Gasteiger partial charge in [0.2, 0.25) is 5.91 Å². The number of primary amides is 1. The smallest absolute Gasteiger partial charge is 0.328 e. The average Bonchev–Trinajstić information content (AvgIpc) is 2.46. The van der Waals surface area contributed by atoms with Crippen molar-refractivity contribution in [3.8, 4) is 0 Å². The number of carboxylic acid groups (broad SMARTS) is 1. The summed E-state index contributed by atoms with van der Waals surface area (Å²) in [4.78, 5) is 24.0. The van der Waals surface area contributed by atoms with E-state index < -0.39 is 5.97 Å². The summed E-state index contributed by atoms with van der Waals surface area (Å²) in [6, 6.07) is 5.33. The SMILES string of the molecule is NC(=O)C1CCN(c2cc(Cl)ccc2/C=C/C(=O)O)CC1. The van der Waals surface area contributed by atoms with Crippen LogP contribution >= 0.6 is 11.6 Å². The number of carboxylic acids is 1. The molecule has 1 saturated heterocycles. The first-order valence-electron chi connectivity index (χ1n) is 6.72. The minimum Gasteiger partial charge on any atom is -0.478 e. The fourth-order valence-corrected chi connectivity index (χ4v) is 2.66. The lowest BCUT2D eigenvalue weighted by atomic mass is 9.95. The van der Waals surface area contributed by atoms with E-state index in [-0.39, 0.29) is 11.8 Å². The Morgan fingerprint density at radius 1 is 1.33 bits per heavy atom. The van der Waals surface area contributed by atoms with Crippen molar-refractivity contribution < 1.29 is 14.7 Å². The van der Waals surface area contributed by atoms with Crippen LogP contribution in [-0.4, -0.2) is 30.1 Å². The molecule has 0 saturated carbocycles. The molecule has 21 heavy (non-hydrogen) atoms. The van der Waals surface area contributed by atoms with Gasteiger partial charge in [-0.25, -0.2) is 4.79 Å². The number of hydrogen-bond acceptors (Lipinski definition) is 3. The topological polar surface area (TPSA) is 83.6 Å². The van der Waals surface area contributed by atoms with E-state index in [2.05, 4.69) is 4.90 Å². The Morgan fingerprint density at radius 3 is 2.57 bits per heavy atom. The van der Waals surface area contributed by atoms with Crippen LogP contribution in [0.2, 0.25) is 5.02 Å². The third-order valence-corrected chi connectivity index (χ3v) is 3.87. The number of piperidine rings is 1. The van der Waals surface area contributed by atoms with Crippen molar-refractivity contribution in [2.75, 3.05) is 18.0 Å². The Morgan fingerprint density at radius 2 is 2.00 bits per heavy atom. The molecule has 2 rings (SSSR count). The lowest BCUT2D eigenvalue weighted by Gasteiger charge is -2.33. The zero-order valence-corrected chi connectivity index (χ0v) is 12.2. The highest BCUT2D eigenvalue weighted by Gasteiger charge is 2.24. The van der Waals surface area contributed by atoms with Crippen molar-refractivity contribution >= 4 is 35.2 Å². The molecule has 1 aromatic rings. The lowest BCUT2D eigenvalue weighted by Crippen LogP contribution is -2.38. The number of hydrogen-bond donors (Lipinski definition) is 2. The molecule has 0 aliphatic carbocycles. The second-order valence-electron chi connectivity index (χ2n) is 5.04. The monoisotopic (exact) mass is 308 g/mol. The van der Waals surface area contributed by atoms with Crippen LogP contribution in [0, 0.1) is 5.92 Å². The summed E-state index contributed by atoms with van der Waals surface area (Å²) in [5.41, 5.74) is 7.00. The van der Waals surface area contributed by atoms with Gasteiger partial charge < -0.3 is 15.7 Å². The van der Waals surface area contributed by atoms with E-state index in [9.17, 15) is 9.59 Å². The quantitative estimate of drug-likeness (QED) is 0.835. The lowest BCUT2D eigenvalue weighted by molar-refractivity contribution is -0.131. The number of amides is 1. The molecule has 3 N–H and O–H groups in total. The summed E-state index contributed by atoms with van der Waals surface area (Å²) in [6.07, 6.45) is 4.05. The van der Waals surface area contributed by atoms with E-state index in [1.165, 1.54) is 0 Å². The molecule has 1 heterocycles. The number of halogens is 1. The van der Waals surface area contributed by atoms with Crippen molar-refractivity contribution in [2.45, 2.75) is 12.8 Å². The molecule has 0 radical (unpaired) electrons. The van der Waals surface area contributed by atoms with Crippen molar-refractivity contribution in [1.29, 1.82) is 0 Å². The number of carbonyl (C=O) groups is 2. The number of nitrogens with zero attached hydrogens (tertiary/aromatic N) is 1. The molecule has 1 aromatic carbocycles. The molecule has 0 bridgehead atoms. The van der Waals surface area contributed by atoms with Gasteiger partial charge >= 0.3 is 5.97 Å². The van der Waals surface area contributed by atoms with Crippen LogP contribution in [0.25, 0.3) is 6.08 Å². The fraction of sp³-hybridized carbons (Fsp3) is 0.333. The van der Waals surface area contributed by atoms with E-state index in [0.717, 1.165) is 17.3 Å². The van der Waals surface area contributed by atoms with E-state index in [4.69, 9.17) is 22.4 Å². The molecule has 0 atom stereocenters. The highest BCUT2D eigenvalue weighted by Crippen LogP contribution is 2.29. The van der Waals surface area contributed by atoms with Crippen LogP contribution in [0.4, 0.5) is 5.69 Å². The number of aliphatic carboxylic acids is 1. The third-order valence-electron chi connectivity index (χ3n) is 3.64. The van der Waals surface area contributed by atoms with Gasteiger partial charge in [-0.1, -0.05) is 17.7 Å². The van der Waals surface area contributed by atoms with E-state index in [0.29, 0.717) is 31.0 Å². The van der Waals surface area contributed by atoms with Crippen LogP contribution in [0.15, 0.2) is 24.3 Å². The molecule has 0 spiro atoms. The predicted octanol–water partition coefficient (Wildman–Crippen LogP) is 2.14. The van der Waals surface area contributed by atoms with Gasteiger partial charge in [0.1, 0.15) is 0 Å². The summed E-state index contributed by atoms with van der Waals surface area (Å²) in [7, 11) is 0. The molecular formula is C15H17ClN2O3. The zero-order chi connectivity index (χ0) is 15.4. The highest BCUT2D eigenvalue weighted by molar-refractivity contribution is 6.31. The van der Waals surface area contributed by atoms with Crippen LogP contribution in [0.5, 0.6) is 0 Å². The molecular weight excluding hydrogens is 292 g/mol. The van der Waals surface area contributed by atoms with Crippen LogP contribution < -0.4 is 10.6 Å². The van der Waals surface area contributed by atoms with Crippen LogP contribution in [0.3, 0.4) is 0 Å². The normalized spacial score (nSPS) is 16.3. The Kier molecular flexibility index (Phi) is 4.85. The molecule has 6 heteroatoms. The number of benzene rings is 1. The summed E-state index contributed by atoms with van der Waals surface area (Å²) in [5.74, 6) is -1.34. The first-order valence-corrected chi connectivity index (χ1v) is 7.10. The zero-order valence-electron chi connectivity index (χ0n) is 11.5. The number of anilines is 1. The first kappa shape index (κ1) is 15.4. The molecule has 5 nitrogen and oxygen atoms in total. The Balaban J connectivity index is 2.21. The first-order chi connectivity index (χ1) is 9.97. The Hall–Kier alpha value is -2.01. The molecule has 112 valence electrons. The summed E-state index contributed by atoms with van der Waals surface area (Å²) in [6.45, 7) is 1.39. The second kappa shape index (κ2) is 6.63. The van der Waals surface area contributed by atoms with Gasteiger partial charge in [0, 0.05) is 35.8 Å². The summed E-state index contributed by atoms with van der Waals surface area (Å²) in [5, 5.41) is 9.34. The van der Waals surface area contributed by atoms with E-state index >= 15 is 0 Å². The largest absolute Gasteiger partial charge is 0.478 e. The minimum absolute atomic E-state index is 0.0848.